The van der Waals surface area contributed by atoms with Crippen LogP contribution in [0.2, 0.25) is 0 Å². The summed E-state index contributed by atoms with van der Waals surface area (Å²) in [5, 5.41) is 3.28. The molecule has 146 valence electrons. The van der Waals surface area contributed by atoms with Crippen molar-refractivity contribution >= 4 is 39.1 Å². The van der Waals surface area contributed by atoms with Crippen molar-refractivity contribution < 1.29 is 14.3 Å². The Labute approximate surface area is 163 Å². The Balaban J connectivity index is 1.91. The number of esters is 1. The van der Waals surface area contributed by atoms with E-state index < -0.39 is 29.7 Å². The van der Waals surface area contributed by atoms with Crippen LogP contribution < -0.4 is 16.6 Å². The van der Waals surface area contributed by atoms with E-state index in [9.17, 15) is 19.2 Å². The highest BCUT2D eigenvalue weighted by atomic mass is 32.1. The molecular weight excluding hydrogens is 382 g/mol. The van der Waals surface area contributed by atoms with Gasteiger partial charge in [0, 0.05) is 4.88 Å². The van der Waals surface area contributed by atoms with E-state index in [1.165, 1.54) is 11.3 Å². The first-order valence-corrected chi connectivity index (χ1v) is 9.44. The number of rotatable bonds is 5. The number of nitrogens with one attached hydrogen (secondary N) is 2. The molecule has 1 amide bonds. The monoisotopic (exact) mass is 401 g/mol. The Morgan fingerprint density at radius 1 is 1.21 bits per heavy atom. The third-order valence-corrected chi connectivity index (χ3v) is 5.43. The van der Waals surface area contributed by atoms with E-state index in [-0.39, 0.29) is 12.2 Å². The molecule has 0 radical (unpaired) electrons. The van der Waals surface area contributed by atoms with Crippen molar-refractivity contribution in [2.75, 3.05) is 11.9 Å². The molecular formula is C19H19N3O5S. The zero-order valence-corrected chi connectivity index (χ0v) is 16.4. The summed E-state index contributed by atoms with van der Waals surface area (Å²) in [6.45, 7) is 5.03. The number of hydrogen-bond donors (Lipinski definition) is 2. The Bertz CT molecular complexity index is 1190. The molecule has 0 spiro atoms. The van der Waals surface area contributed by atoms with Gasteiger partial charge in [-0.3, -0.25) is 14.2 Å². The molecule has 0 fully saturated rings. The topological polar surface area (TPSA) is 110 Å². The number of nitrogens with zero attached hydrogens (tertiary/aromatic N) is 1. The maximum Gasteiger partial charge on any atom is 0.341 e. The first-order chi connectivity index (χ1) is 13.3. The number of aromatic amines is 1. The van der Waals surface area contributed by atoms with Crippen molar-refractivity contribution in [2.24, 2.45) is 0 Å². The standard InChI is InChI=1S/C19H19N3O5S/c1-4-27-18(25)15-10(2)11(3)28-16(15)21-14(23)9-22-17(24)12-7-5-6-8-13(12)20-19(22)26/h5-8H,4,9H2,1-3H3,(H,20,26)(H,21,23). The van der Waals surface area contributed by atoms with Gasteiger partial charge in [-0.25, -0.2) is 9.59 Å². The minimum Gasteiger partial charge on any atom is -0.462 e. The number of anilines is 1. The number of carbonyl (C=O) groups is 2. The Morgan fingerprint density at radius 2 is 1.93 bits per heavy atom. The average molecular weight is 401 g/mol. The van der Waals surface area contributed by atoms with E-state index >= 15 is 0 Å². The number of benzene rings is 1. The minimum atomic E-state index is -0.678. The Kier molecular flexibility index (Phi) is 5.46. The summed E-state index contributed by atoms with van der Waals surface area (Å²) in [4.78, 5) is 52.9. The molecule has 2 heterocycles. The number of fused-ring (bicyclic) bond motifs is 1. The van der Waals surface area contributed by atoms with Crippen molar-refractivity contribution in [3.05, 3.63) is 61.1 Å². The van der Waals surface area contributed by atoms with Crippen LogP contribution in [0.3, 0.4) is 0 Å². The third kappa shape index (κ3) is 3.61. The molecule has 0 unspecified atom stereocenters. The number of thiophene rings is 1. The zero-order chi connectivity index (χ0) is 20.4. The smallest absolute Gasteiger partial charge is 0.341 e. The number of hydrogen-bond acceptors (Lipinski definition) is 6. The van der Waals surface area contributed by atoms with Gasteiger partial charge in [0.05, 0.1) is 23.1 Å². The zero-order valence-electron chi connectivity index (χ0n) is 15.6. The van der Waals surface area contributed by atoms with Gasteiger partial charge in [0.15, 0.2) is 0 Å². The van der Waals surface area contributed by atoms with Crippen LogP contribution in [-0.2, 0) is 16.1 Å². The number of ether oxygens (including phenoxy) is 1. The quantitative estimate of drug-likeness (QED) is 0.637. The predicted octanol–water partition coefficient (Wildman–Crippen LogP) is 2.18. The molecule has 0 saturated carbocycles. The molecule has 0 saturated heterocycles. The molecule has 0 atom stereocenters. The molecule has 0 aliphatic rings. The summed E-state index contributed by atoms with van der Waals surface area (Å²) >= 11 is 1.24. The average Bonchev–Trinajstić information content (AvgIpc) is 2.92. The van der Waals surface area contributed by atoms with Gasteiger partial charge in [-0.05, 0) is 38.5 Å². The van der Waals surface area contributed by atoms with Gasteiger partial charge in [-0.2, -0.15) is 0 Å². The molecule has 28 heavy (non-hydrogen) atoms. The Hall–Kier alpha value is -3.20. The van der Waals surface area contributed by atoms with E-state index in [0.717, 1.165) is 15.0 Å². The van der Waals surface area contributed by atoms with Gasteiger partial charge >= 0.3 is 11.7 Å². The first-order valence-electron chi connectivity index (χ1n) is 8.62. The molecule has 2 N–H and O–H groups in total. The highest BCUT2D eigenvalue weighted by Gasteiger charge is 2.22. The maximum atomic E-state index is 12.5. The molecule has 1 aromatic carbocycles. The molecule has 3 aromatic rings. The van der Waals surface area contributed by atoms with Gasteiger partial charge < -0.3 is 15.0 Å². The predicted molar refractivity (Wildman–Crippen MR) is 107 cm³/mol. The van der Waals surface area contributed by atoms with Crippen LogP contribution in [0.5, 0.6) is 0 Å². The lowest BCUT2D eigenvalue weighted by molar-refractivity contribution is -0.116. The number of H-pyrrole nitrogens is 1. The van der Waals surface area contributed by atoms with Crippen LogP contribution in [0.15, 0.2) is 33.9 Å². The van der Waals surface area contributed by atoms with Gasteiger partial charge in [-0.15, -0.1) is 11.3 Å². The van der Waals surface area contributed by atoms with Gasteiger partial charge in [0.25, 0.3) is 5.56 Å². The second kappa shape index (κ2) is 7.81. The Morgan fingerprint density at radius 3 is 2.64 bits per heavy atom. The minimum absolute atomic E-state index is 0.211. The second-order valence-corrected chi connectivity index (χ2v) is 7.35. The number of carbonyl (C=O) groups excluding carboxylic acids is 2. The van der Waals surface area contributed by atoms with E-state index in [4.69, 9.17) is 4.74 Å². The van der Waals surface area contributed by atoms with Gasteiger partial charge in [0.2, 0.25) is 5.91 Å². The van der Waals surface area contributed by atoms with E-state index in [1.54, 1.807) is 38.1 Å². The van der Waals surface area contributed by atoms with Crippen LogP contribution in [0, 0.1) is 13.8 Å². The summed E-state index contributed by atoms with van der Waals surface area (Å²) < 4.78 is 5.88. The van der Waals surface area contributed by atoms with Crippen LogP contribution in [0.1, 0.15) is 27.7 Å². The number of amides is 1. The van der Waals surface area contributed by atoms with Crippen molar-refractivity contribution in [3.63, 3.8) is 0 Å². The summed E-state index contributed by atoms with van der Waals surface area (Å²) in [7, 11) is 0. The highest BCUT2D eigenvalue weighted by Crippen LogP contribution is 2.33. The molecule has 0 bridgehead atoms. The largest absolute Gasteiger partial charge is 0.462 e. The van der Waals surface area contributed by atoms with Gasteiger partial charge in [-0.1, -0.05) is 12.1 Å². The van der Waals surface area contributed by atoms with Gasteiger partial charge in [0.1, 0.15) is 11.5 Å². The first kappa shape index (κ1) is 19.6. The van der Waals surface area contributed by atoms with Crippen molar-refractivity contribution in [1.29, 1.82) is 0 Å². The molecule has 8 nitrogen and oxygen atoms in total. The summed E-state index contributed by atoms with van der Waals surface area (Å²) in [5.41, 5.74) is 0.182. The number of aryl methyl sites for hydroxylation is 1. The fraction of sp³-hybridized carbons (Fsp3) is 0.263. The van der Waals surface area contributed by atoms with Crippen molar-refractivity contribution in [2.45, 2.75) is 27.3 Å². The van der Waals surface area contributed by atoms with Crippen LogP contribution in [-0.4, -0.2) is 28.0 Å². The van der Waals surface area contributed by atoms with Crippen LogP contribution >= 0.6 is 11.3 Å². The normalized spacial score (nSPS) is 10.8. The highest BCUT2D eigenvalue weighted by molar-refractivity contribution is 7.16. The summed E-state index contributed by atoms with van der Waals surface area (Å²) in [6, 6.07) is 6.57. The van der Waals surface area contributed by atoms with Crippen molar-refractivity contribution in [1.82, 2.24) is 9.55 Å². The van der Waals surface area contributed by atoms with Crippen molar-refractivity contribution in [3.8, 4) is 0 Å². The number of aromatic nitrogens is 2. The third-order valence-electron chi connectivity index (χ3n) is 4.31. The molecule has 9 heteroatoms. The SMILES string of the molecule is CCOC(=O)c1c(NC(=O)Cn2c(=O)[nH]c3ccccc3c2=O)sc(C)c1C. The van der Waals surface area contributed by atoms with E-state index in [0.29, 0.717) is 15.9 Å². The second-order valence-electron chi connectivity index (χ2n) is 6.12. The lowest BCUT2D eigenvalue weighted by Gasteiger charge is -2.09. The van der Waals surface area contributed by atoms with E-state index in [2.05, 4.69) is 10.3 Å². The summed E-state index contributed by atoms with van der Waals surface area (Å²) in [6.07, 6.45) is 0. The lowest BCUT2D eigenvalue weighted by atomic mass is 10.1. The lowest BCUT2D eigenvalue weighted by Crippen LogP contribution is -2.38. The fourth-order valence-electron chi connectivity index (χ4n) is 2.82. The molecule has 3 rings (SSSR count). The van der Waals surface area contributed by atoms with Crippen LogP contribution in [0.4, 0.5) is 5.00 Å². The fourth-order valence-corrected chi connectivity index (χ4v) is 3.88. The van der Waals surface area contributed by atoms with Crippen LogP contribution in [0.25, 0.3) is 10.9 Å². The molecule has 2 aromatic heterocycles. The number of para-hydroxylation sites is 1. The van der Waals surface area contributed by atoms with E-state index in [1.807, 2.05) is 6.92 Å². The summed E-state index contributed by atoms with van der Waals surface area (Å²) in [5.74, 6) is -1.12. The maximum absolute atomic E-state index is 12.5. The molecule has 0 aliphatic carbocycles. The molecule has 0 aliphatic heterocycles.